The second kappa shape index (κ2) is 7.28. The molecule has 0 radical (unpaired) electrons. The Labute approximate surface area is 147 Å². The Morgan fingerprint density at radius 2 is 2.00 bits per heavy atom. The normalized spacial score (nSPS) is 25.5. The molecule has 0 aliphatic carbocycles. The first-order valence-electron chi connectivity index (χ1n) is 7.10. The Bertz CT molecular complexity index is 640. The van der Waals surface area contributed by atoms with Crippen LogP contribution in [0, 0.1) is 0 Å². The maximum Gasteiger partial charge on any atom is 0.243 e. The van der Waals surface area contributed by atoms with Crippen molar-refractivity contribution in [1.82, 2.24) is 9.62 Å². The van der Waals surface area contributed by atoms with E-state index in [4.69, 9.17) is 11.6 Å². The molecular formula is C14H20Cl2N2O2S2. The molecule has 3 rings (SSSR count). The average Bonchev–Trinajstić information content (AvgIpc) is 2.77. The lowest BCUT2D eigenvalue weighted by Gasteiger charge is -2.23. The van der Waals surface area contributed by atoms with E-state index in [2.05, 4.69) is 5.32 Å². The molecule has 1 aromatic rings. The van der Waals surface area contributed by atoms with Crippen LogP contribution < -0.4 is 5.32 Å². The topological polar surface area (TPSA) is 49.4 Å². The van der Waals surface area contributed by atoms with Crippen molar-refractivity contribution in [3.05, 3.63) is 23.2 Å². The molecule has 0 spiro atoms. The number of fused-ring (bicyclic) bond motifs is 2. The highest BCUT2D eigenvalue weighted by molar-refractivity contribution is 7.98. The third kappa shape index (κ3) is 3.57. The predicted molar refractivity (Wildman–Crippen MR) is 93.8 cm³/mol. The second-order valence-electron chi connectivity index (χ2n) is 5.59. The van der Waals surface area contributed by atoms with Gasteiger partial charge in [-0.2, -0.15) is 4.31 Å². The molecule has 2 heterocycles. The fraction of sp³-hybridized carbons (Fsp3) is 0.571. The fourth-order valence-corrected chi connectivity index (χ4v) is 5.55. The minimum Gasteiger partial charge on any atom is -0.310 e. The summed E-state index contributed by atoms with van der Waals surface area (Å²) < 4.78 is 27.2. The van der Waals surface area contributed by atoms with Crippen molar-refractivity contribution in [1.29, 1.82) is 0 Å². The summed E-state index contributed by atoms with van der Waals surface area (Å²) in [5.41, 5.74) is 0. The van der Waals surface area contributed by atoms with E-state index < -0.39 is 10.0 Å². The second-order valence-corrected chi connectivity index (χ2v) is 8.78. The predicted octanol–water partition coefficient (Wildman–Crippen LogP) is 3.00. The molecule has 2 aliphatic rings. The first-order chi connectivity index (χ1) is 10.0. The van der Waals surface area contributed by atoms with Gasteiger partial charge in [0.2, 0.25) is 10.0 Å². The number of nitrogens with one attached hydrogen (secondary N) is 1. The molecule has 2 bridgehead atoms. The summed E-state index contributed by atoms with van der Waals surface area (Å²) in [6.45, 7) is 1.14. The van der Waals surface area contributed by atoms with Gasteiger partial charge in [0.15, 0.2) is 0 Å². The highest BCUT2D eigenvalue weighted by Gasteiger charge is 2.35. The zero-order valence-electron chi connectivity index (χ0n) is 12.3. The van der Waals surface area contributed by atoms with Crippen molar-refractivity contribution in [2.24, 2.45) is 0 Å². The van der Waals surface area contributed by atoms with Gasteiger partial charge in [0.25, 0.3) is 0 Å². The Morgan fingerprint density at radius 1 is 1.27 bits per heavy atom. The van der Waals surface area contributed by atoms with Crippen LogP contribution in [0.15, 0.2) is 28.0 Å². The minimum absolute atomic E-state index is 0. The minimum atomic E-state index is -3.46. The van der Waals surface area contributed by atoms with Crippen molar-refractivity contribution >= 4 is 45.8 Å². The molecule has 0 saturated carbocycles. The largest absolute Gasteiger partial charge is 0.310 e. The van der Waals surface area contributed by atoms with E-state index in [0.717, 1.165) is 24.2 Å². The number of benzene rings is 1. The molecule has 2 unspecified atom stereocenters. The van der Waals surface area contributed by atoms with Gasteiger partial charge in [0, 0.05) is 30.1 Å². The van der Waals surface area contributed by atoms with Gasteiger partial charge in [-0.3, -0.25) is 0 Å². The van der Waals surface area contributed by atoms with Gasteiger partial charge >= 0.3 is 0 Å². The number of hydrogen-bond acceptors (Lipinski definition) is 4. The van der Waals surface area contributed by atoms with Crippen molar-refractivity contribution in [2.45, 2.75) is 41.1 Å². The van der Waals surface area contributed by atoms with Gasteiger partial charge < -0.3 is 5.32 Å². The highest BCUT2D eigenvalue weighted by Crippen LogP contribution is 2.30. The van der Waals surface area contributed by atoms with Gasteiger partial charge in [0.05, 0.1) is 9.92 Å². The van der Waals surface area contributed by atoms with Crippen molar-refractivity contribution in [3.8, 4) is 0 Å². The number of thioether (sulfide) groups is 1. The van der Waals surface area contributed by atoms with Crippen molar-refractivity contribution in [2.75, 3.05) is 19.3 Å². The highest BCUT2D eigenvalue weighted by atomic mass is 35.5. The van der Waals surface area contributed by atoms with Crippen LogP contribution in [-0.4, -0.2) is 44.2 Å². The Morgan fingerprint density at radius 3 is 2.68 bits per heavy atom. The Hall–Kier alpha value is 0.0200. The molecule has 2 fully saturated rings. The summed E-state index contributed by atoms with van der Waals surface area (Å²) in [7, 11) is -3.46. The Kier molecular flexibility index (Phi) is 6.07. The molecule has 1 N–H and O–H groups in total. The Balaban J connectivity index is 0.00000176. The summed E-state index contributed by atoms with van der Waals surface area (Å²) in [6.07, 6.45) is 5.02. The maximum absolute atomic E-state index is 12.8. The van der Waals surface area contributed by atoms with E-state index in [0.29, 0.717) is 29.0 Å². The monoisotopic (exact) mass is 382 g/mol. The summed E-state index contributed by atoms with van der Waals surface area (Å²) in [5.74, 6) is 0. The van der Waals surface area contributed by atoms with Crippen molar-refractivity contribution in [3.63, 3.8) is 0 Å². The standard InChI is InChI=1S/C14H19ClN2O2S2.ClH/c1-20-14-5-4-12(8-13(14)15)21(18,19)17-7-6-10-2-3-11(9-17)16-10;/h4-5,8,10-11,16H,2-3,6-7,9H2,1H3;1H. The first-order valence-corrected chi connectivity index (χ1v) is 10.1. The van der Waals surface area contributed by atoms with Crippen LogP contribution in [0.3, 0.4) is 0 Å². The van der Waals surface area contributed by atoms with Crippen molar-refractivity contribution < 1.29 is 8.42 Å². The molecule has 0 aromatic heterocycles. The summed E-state index contributed by atoms with van der Waals surface area (Å²) in [5, 5.41) is 4.00. The van der Waals surface area contributed by atoms with Crippen LogP contribution in [0.1, 0.15) is 19.3 Å². The molecular weight excluding hydrogens is 363 g/mol. The van der Waals surface area contributed by atoms with Crippen LogP contribution >= 0.6 is 35.8 Å². The molecule has 0 amide bonds. The maximum atomic E-state index is 12.8. The van der Waals surface area contributed by atoms with Gasteiger partial charge in [-0.25, -0.2) is 8.42 Å². The third-order valence-electron chi connectivity index (χ3n) is 4.25. The van der Waals surface area contributed by atoms with Crippen LogP contribution in [0.5, 0.6) is 0 Å². The van der Waals surface area contributed by atoms with E-state index in [1.54, 1.807) is 22.5 Å². The lowest BCUT2D eigenvalue weighted by atomic mass is 10.1. The van der Waals surface area contributed by atoms with Gasteiger partial charge in [-0.15, -0.1) is 24.2 Å². The van der Waals surface area contributed by atoms with Crippen LogP contribution in [-0.2, 0) is 10.0 Å². The number of hydrogen-bond donors (Lipinski definition) is 1. The molecule has 124 valence electrons. The van der Waals surface area contributed by atoms with Crippen LogP contribution in [0.2, 0.25) is 5.02 Å². The molecule has 4 nitrogen and oxygen atoms in total. The van der Waals surface area contributed by atoms with Gasteiger partial charge in [-0.05, 0) is 43.7 Å². The van der Waals surface area contributed by atoms with E-state index in [1.807, 2.05) is 6.26 Å². The number of rotatable bonds is 3. The molecule has 8 heteroatoms. The summed E-state index contributed by atoms with van der Waals surface area (Å²) in [6, 6.07) is 5.76. The smallest absolute Gasteiger partial charge is 0.243 e. The summed E-state index contributed by atoms with van der Waals surface area (Å²) >= 11 is 7.67. The SMILES string of the molecule is CSc1ccc(S(=O)(=O)N2CCC3CCC(C2)N3)cc1Cl.Cl. The lowest BCUT2D eigenvalue weighted by Crippen LogP contribution is -2.39. The first kappa shape index (κ1) is 18.4. The number of halogens is 2. The van der Waals surface area contributed by atoms with E-state index in [9.17, 15) is 8.42 Å². The molecule has 22 heavy (non-hydrogen) atoms. The molecule has 2 saturated heterocycles. The molecule has 1 aromatic carbocycles. The quantitative estimate of drug-likeness (QED) is 0.816. The molecule has 2 aliphatic heterocycles. The number of sulfonamides is 1. The van der Waals surface area contributed by atoms with E-state index in [1.165, 1.54) is 11.8 Å². The zero-order valence-corrected chi connectivity index (χ0v) is 15.5. The van der Waals surface area contributed by atoms with E-state index >= 15 is 0 Å². The van der Waals surface area contributed by atoms with Gasteiger partial charge in [0.1, 0.15) is 0 Å². The van der Waals surface area contributed by atoms with Crippen LogP contribution in [0.4, 0.5) is 0 Å². The summed E-state index contributed by atoms with van der Waals surface area (Å²) in [4.78, 5) is 1.19. The van der Waals surface area contributed by atoms with Crippen LogP contribution in [0.25, 0.3) is 0 Å². The molecule has 2 atom stereocenters. The fourth-order valence-electron chi connectivity index (χ4n) is 3.09. The number of nitrogens with zero attached hydrogens (tertiary/aromatic N) is 1. The van der Waals surface area contributed by atoms with Gasteiger partial charge in [-0.1, -0.05) is 11.6 Å². The zero-order chi connectivity index (χ0) is 15.0. The van der Waals surface area contributed by atoms with E-state index in [-0.39, 0.29) is 18.4 Å². The average molecular weight is 383 g/mol. The lowest BCUT2D eigenvalue weighted by molar-refractivity contribution is 0.383. The third-order valence-corrected chi connectivity index (χ3v) is 7.33.